The van der Waals surface area contributed by atoms with Crippen LogP contribution in [0.2, 0.25) is 0 Å². The lowest BCUT2D eigenvalue weighted by molar-refractivity contribution is -0.118. The zero-order valence-electron chi connectivity index (χ0n) is 14.1. The van der Waals surface area contributed by atoms with Gasteiger partial charge in [0.2, 0.25) is 6.41 Å². The number of carbonyl (C=O) groups excluding carboxylic acids is 1. The Morgan fingerprint density at radius 1 is 1.26 bits per heavy atom. The van der Waals surface area contributed by atoms with Crippen molar-refractivity contribution in [3.8, 4) is 0 Å². The number of amides is 1. The largest absolute Gasteiger partial charge is 0.339 e. The van der Waals surface area contributed by atoms with Gasteiger partial charge in [-0.15, -0.1) is 0 Å². The zero-order chi connectivity index (χ0) is 16.2. The van der Waals surface area contributed by atoms with E-state index in [4.69, 9.17) is 0 Å². The highest BCUT2D eigenvalue weighted by atomic mass is 16.1. The Labute approximate surface area is 137 Å². The molecule has 1 aliphatic rings. The Morgan fingerprint density at radius 2 is 2.00 bits per heavy atom. The summed E-state index contributed by atoms with van der Waals surface area (Å²) in [5.41, 5.74) is 2.10. The van der Waals surface area contributed by atoms with Crippen LogP contribution < -0.4 is 0 Å². The molecular weight excluding hydrogens is 288 g/mol. The van der Waals surface area contributed by atoms with Gasteiger partial charge in [-0.05, 0) is 51.4 Å². The Bertz CT molecular complexity index is 658. The summed E-state index contributed by atoms with van der Waals surface area (Å²) in [7, 11) is 4.13. The molecule has 0 bridgehead atoms. The lowest BCUT2D eigenvalue weighted by atomic mass is 9.94. The van der Waals surface area contributed by atoms with Gasteiger partial charge < -0.3 is 9.80 Å². The van der Waals surface area contributed by atoms with E-state index in [1.807, 2.05) is 28.8 Å². The van der Waals surface area contributed by atoms with Gasteiger partial charge in [-0.3, -0.25) is 9.48 Å². The molecule has 2 heterocycles. The molecule has 0 radical (unpaired) electrons. The van der Waals surface area contributed by atoms with Crippen LogP contribution in [0.3, 0.4) is 0 Å². The molecule has 5 nitrogen and oxygen atoms in total. The number of carbonyl (C=O) groups is 1. The second kappa shape index (κ2) is 7.13. The smallest absolute Gasteiger partial charge is 0.210 e. The molecule has 23 heavy (non-hydrogen) atoms. The molecule has 0 saturated carbocycles. The summed E-state index contributed by atoms with van der Waals surface area (Å²) in [6.45, 7) is 3.77. The van der Waals surface area contributed by atoms with Crippen molar-refractivity contribution in [2.24, 2.45) is 13.0 Å². The molecule has 0 unspecified atom stereocenters. The molecule has 0 spiro atoms. The van der Waals surface area contributed by atoms with Crippen LogP contribution in [0.15, 0.2) is 24.3 Å². The molecule has 1 aromatic heterocycles. The molecular formula is C18H26N4O. The molecule has 1 saturated heterocycles. The number of rotatable bonds is 6. The maximum absolute atomic E-state index is 11.5. The third-order valence-electron chi connectivity index (χ3n) is 5.00. The van der Waals surface area contributed by atoms with Crippen LogP contribution in [0.25, 0.3) is 10.9 Å². The quantitative estimate of drug-likeness (QED) is 0.768. The summed E-state index contributed by atoms with van der Waals surface area (Å²) in [6.07, 6.45) is 4.56. The predicted octanol–water partition coefficient (Wildman–Crippen LogP) is 2.26. The van der Waals surface area contributed by atoms with Gasteiger partial charge in [0.15, 0.2) is 0 Å². The minimum absolute atomic E-state index is 0.595. The highest BCUT2D eigenvalue weighted by molar-refractivity contribution is 5.81. The molecule has 1 amide bonds. The summed E-state index contributed by atoms with van der Waals surface area (Å²) in [5.74, 6) is 0.745. The number of piperidine rings is 1. The van der Waals surface area contributed by atoms with Gasteiger partial charge in [-0.1, -0.05) is 18.2 Å². The van der Waals surface area contributed by atoms with E-state index in [1.165, 1.54) is 25.9 Å². The van der Waals surface area contributed by atoms with Crippen molar-refractivity contribution in [3.63, 3.8) is 0 Å². The summed E-state index contributed by atoms with van der Waals surface area (Å²) in [6, 6.07) is 8.19. The van der Waals surface area contributed by atoms with Crippen LogP contribution in [0.1, 0.15) is 25.0 Å². The van der Waals surface area contributed by atoms with Gasteiger partial charge in [0.1, 0.15) is 0 Å². The summed E-state index contributed by atoms with van der Waals surface area (Å²) in [4.78, 5) is 15.7. The van der Waals surface area contributed by atoms with Crippen LogP contribution in [-0.2, 0) is 18.4 Å². The molecule has 5 heteroatoms. The van der Waals surface area contributed by atoms with E-state index in [1.54, 1.807) is 0 Å². The van der Waals surface area contributed by atoms with E-state index in [0.717, 1.165) is 41.9 Å². The van der Waals surface area contributed by atoms with E-state index in [-0.39, 0.29) is 0 Å². The van der Waals surface area contributed by atoms with Crippen LogP contribution in [0.4, 0.5) is 0 Å². The van der Waals surface area contributed by atoms with Crippen molar-refractivity contribution in [1.29, 1.82) is 0 Å². The maximum Gasteiger partial charge on any atom is 0.210 e. The normalized spacial score (nSPS) is 16.8. The number of aromatic nitrogens is 2. The van der Waals surface area contributed by atoms with Gasteiger partial charge in [0.05, 0.1) is 17.8 Å². The van der Waals surface area contributed by atoms with E-state index >= 15 is 0 Å². The average Bonchev–Trinajstić information content (AvgIpc) is 2.89. The Hall–Kier alpha value is -1.88. The predicted molar refractivity (Wildman–Crippen MR) is 92.0 cm³/mol. The highest BCUT2D eigenvalue weighted by Crippen LogP contribution is 2.21. The summed E-state index contributed by atoms with van der Waals surface area (Å²) < 4.78 is 1.89. The van der Waals surface area contributed by atoms with E-state index in [0.29, 0.717) is 6.54 Å². The Morgan fingerprint density at radius 3 is 2.74 bits per heavy atom. The minimum Gasteiger partial charge on any atom is -0.339 e. The van der Waals surface area contributed by atoms with Crippen molar-refractivity contribution in [3.05, 3.63) is 30.0 Å². The zero-order valence-corrected chi connectivity index (χ0v) is 14.1. The number of nitrogens with zero attached hydrogens (tertiary/aromatic N) is 4. The van der Waals surface area contributed by atoms with Crippen LogP contribution in [-0.4, -0.2) is 52.7 Å². The number of hydrogen-bond acceptors (Lipinski definition) is 3. The summed E-state index contributed by atoms with van der Waals surface area (Å²) >= 11 is 0. The standard InChI is InChI=1S/C18H26N4O/c1-20-10-7-15(8-11-20)9-12-22(14-23)13-17-16-5-3-4-6-18(16)21(2)19-17/h3-6,14-15H,7-13H2,1-2H3. The van der Waals surface area contributed by atoms with Crippen molar-refractivity contribution in [2.45, 2.75) is 25.8 Å². The molecule has 2 aromatic rings. The molecule has 1 aliphatic heterocycles. The van der Waals surface area contributed by atoms with Crippen molar-refractivity contribution in [2.75, 3.05) is 26.7 Å². The highest BCUT2D eigenvalue weighted by Gasteiger charge is 2.18. The van der Waals surface area contributed by atoms with Gasteiger partial charge in [-0.2, -0.15) is 5.10 Å². The monoisotopic (exact) mass is 314 g/mol. The topological polar surface area (TPSA) is 41.4 Å². The van der Waals surface area contributed by atoms with E-state index in [2.05, 4.69) is 29.2 Å². The van der Waals surface area contributed by atoms with Crippen molar-refractivity contribution in [1.82, 2.24) is 19.6 Å². The number of likely N-dealkylation sites (tertiary alicyclic amines) is 1. The second-order valence-electron chi connectivity index (χ2n) is 6.70. The number of aryl methyl sites for hydroxylation is 1. The van der Waals surface area contributed by atoms with Gasteiger partial charge in [-0.25, -0.2) is 0 Å². The number of para-hydroxylation sites is 1. The van der Waals surface area contributed by atoms with E-state index < -0.39 is 0 Å². The van der Waals surface area contributed by atoms with Gasteiger partial charge in [0, 0.05) is 19.0 Å². The lowest BCUT2D eigenvalue weighted by Gasteiger charge is -2.30. The molecule has 0 atom stereocenters. The number of fused-ring (bicyclic) bond motifs is 1. The molecule has 1 fully saturated rings. The third kappa shape index (κ3) is 3.72. The molecule has 3 rings (SSSR count). The lowest BCUT2D eigenvalue weighted by Crippen LogP contribution is -2.32. The first-order valence-electron chi connectivity index (χ1n) is 8.46. The average molecular weight is 314 g/mol. The minimum atomic E-state index is 0.595. The fourth-order valence-corrected chi connectivity index (χ4v) is 3.47. The van der Waals surface area contributed by atoms with E-state index in [9.17, 15) is 4.79 Å². The first-order valence-corrected chi connectivity index (χ1v) is 8.46. The first kappa shape index (κ1) is 16.0. The van der Waals surface area contributed by atoms with Crippen LogP contribution in [0.5, 0.6) is 0 Å². The maximum atomic E-state index is 11.5. The van der Waals surface area contributed by atoms with Crippen molar-refractivity contribution < 1.29 is 4.79 Å². The molecule has 124 valence electrons. The first-order chi connectivity index (χ1) is 11.2. The third-order valence-corrected chi connectivity index (χ3v) is 5.00. The molecule has 0 aliphatic carbocycles. The van der Waals surface area contributed by atoms with Gasteiger partial charge >= 0.3 is 0 Å². The van der Waals surface area contributed by atoms with Crippen LogP contribution in [0, 0.1) is 5.92 Å². The number of benzene rings is 1. The Balaban J connectivity index is 1.61. The SMILES string of the molecule is CN1CCC(CCN(C=O)Cc2nn(C)c3ccccc23)CC1. The van der Waals surface area contributed by atoms with Crippen LogP contribution >= 0.6 is 0 Å². The molecule has 0 N–H and O–H groups in total. The van der Waals surface area contributed by atoms with Crippen molar-refractivity contribution >= 4 is 17.3 Å². The second-order valence-corrected chi connectivity index (χ2v) is 6.70. The van der Waals surface area contributed by atoms with Gasteiger partial charge in [0.25, 0.3) is 0 Å². The molecule has 1 aromatic carbocycles. The number of hydrogen-bond donors (Lipinski definition) is 0. The fourth-order valence-electron chi connectivity index (χ4n) is 3.47. The summed E-state index contributed by atoms with van der Waals surface area (Å²) in [5, 5.41) is 5.73. The fraction of sp³-hybridized carbons (Fsp3) is 0.556. The Kier molecular flexibility index (Phi) is 4.96.